The van der Waals surface area contributed by atoms with E-state index in [4.69, 9.17) is 0 Å². The molecule has 0 aromatic carbocycles. The Morgan fingerprint density at radius 1 is 1.20 bits per heavy atom. The summed E-state index contributed by atoms with van der Waals surface area (Å²) in [5.74, 6) is 3.12. The number of hydrogen-bond acceptors (Lipinski definition) is 0. The molecule has 20 heavy (non-hydrogen) atoms. The monoisotopic (exact) mass is 274 g/mol. The van der Waals surface area contributed by atoms with Crippen LogP contribution in [0.1, 0.15) is 85.5 Å². The van der Waals surface area contributed by atoms with Gasteiger partial charge in [-0.3, -0.25) is 0 Å². The molecule has 0 radical (unpaired) electrons. The summed E-state index contributed by atoms with van der Waals surface area (Å²) in [6.45, 7) is 9.67. The normalized spacial score (nSPS) is 46.9. The van der Waals surface area contributed by atoms with E-state index in [0.717, 1.165) is 23.2 Å². The molecular weight excluding hydrogens is 240 g/mol. The molecule has 0 heterocycles. The summed E-state index contributed by atoms with van der Waals surface area (Å²) in [6.07, 6.45) is 16.0. The molecule has 0 aromatic heterocycles. The second-order valence-electron chi connectivity index (χ2n) is 8.96. The summed E-state index contributed by atoms with van der Waals surface area (Å²) >= 11 is 0. The van der Waals surface area contributed by atoms with Gasteiger partial charge in [-0.2, -0.15) is 0 Å². The van der Waals surface area contributed by atoms with Crippen LogP contribution in [-0.4, -0.2) is 0 Å². The minimum atomic E-state index is 0.642. The first-order valence-corrected chi connectivity index (χ1v) is 9.09. The van der Waals surface area contributed by atoms with Crippen LogP contribution in [0.3, 0.4) is 0 Å². The summed E-state index contributed by atoms with van der Waals surface area (Å²) in [4.78, 5) is 0. The molecule has 5 atom stereocenters. The standard InChI is InChI=1S/C20H34/c1-15(2)7-5-9-19(4)10-6-11-20-12-8-17(13-18(19)20)16(3)14-20/h7,16-18H,5-6,8-14H2,1-4H3/t16?,17?,18-,19?,20?/m0/s1. The molecule has 114 valence electrons. The Morgan fingerprint density at radius 2 is 2.00 bits per heavy atom. The van der Waals surface area contributed by atoms with Crippen LogP contribution in [0.15, 0.2) is 11.6 Å². The van der Waals surface area contributed by atoms with Crippen LogP contribution in [0.2, 0.25) is 0 Å². The highest BCUT2D eigenvalue weighted by atomic mass is 14.6. The molecule has 4 saturated carbocycles. The van der Waals surface area contributed by atoms with E-state index in [2.05, 4.69) is 33.8 Å². The van der Waals surface area contributed by atoms with Crippen LogP contribution in [0.25, 0.3) is 0 Å². The van der Waals surface area contributed by atoms with Gasteiger partial charge in [-0.05, 0) is 93.8 Å². The van der Waals surface area contributed by atoms with E-state index in [1.54, 1.807) is 32.1 Å². The molecule has 4 unspecified atom stereocenters. The van der Waals surface area contributed by atoms with Gasteiger partial charge >= 0.3 is 0 Å². The fraction of sp³-hybridized carbons (Fsp3) is 0.900. The second-order valence-corrected chi connectivity index (χ2v) is 8.96. The number of fused-ring (bicyclic) bond motifs is 2. The van der Waals surface area contributed by atoms with E-state index >= 15 is 0 Å². The van der Waals surface area contributed by atoms with Gasteiger partial charge in [-0.1, -0.05) is 31.9 Å². The Kier molecular flexibility index (Phi) is 3.80. The molecule has 4 fully saturated rings. The predicted octanol–water partition coefficient (Wildman–Crippen LogP) is 6.37. The molecule has 0 saturated heterocycles. The van der Waals surface area contributed by atoms with Gasteiger partial charge in [-0.15, -0.1) is 0 Å². The summed E-state index contributed by atoms with van der Waals surface area (Å²) in [5, 5.41) is 0. The first-order valence-electron chi connectivity index (χ1n) is 9.09. The van der Waals surface area contributed by atoms with Crippen LogP contribution in [0.5, 0.6) is 0 Å². The van der Waals surface area contributed by atoms with Gasteiger partial charge in [0, 0.05) is 0 Å². The Balaban J connectivity index is 1.78. The van der Waals surface area contributed by atoms with Gasteiger partial charge in [0.05, 0.1) is 0 Å². The highest BCUT2D eigenvalue weighted by molar-refractivity contribution is 5.08. The first kappa shape index (κ1) is 14.7. The predicted molar refractivity (Wildman–Crippen MR) is 87.7 cm³/mol. The van der Waals surface area contributed by atoms with Crippen molar-refractivity contribution in [3.8, 4) is 0 Å². The van der Waals surface area contributed by atoms with E-state index in [1.807, 2.05) is 0 Å². The van der Waals surface area contributed by atoms with Gasteiger partial charge in [0.1, 0.15) is 0 Å². The van der Waals surface area contributed by atoms with Gasteiger partial charge in [-0.25, -0.2) is 0 Å². The Hall–Kier alpha value is -0.260. The van der Waals surface area contributed by atoms with Crippen LogP contribution in [0, 0.1) is 28.6 Å². The zero-order valence-corrected chi connectivity index (χ0v) is 14.2. The molecule has 0 aromatic rings. The number of allylic oxidation sites excluding steroid dienone is 2. The van der Waals surface area contributed by atoms with Crippen molar-refractivity contribution in [3.05, 3.63) is 11.6 Å². The zero-order chi connectivity index (χ0) is 14.4. The van der Waals surface area contributed by atoms with Crippen molar-refractivity contribution in [2.24, 2.45) is 28.6 Å². The second kappa shape index (κ2) is 5.18. The maximum absolute atomic E-state index is 2.64. The summed E-state index contributed by atoms with van der Waals surface area (Å²) < 4.78 is 0. The van der Waals surface area contributed by atoms with Gasteiger partial charge in [0.15, 0.2) is 0 Å². The zero-order valence-electron chi connectivity index (χ0n) is 14.2. The lowest BCUT2D eigenvalue weighted by molar-refractivity contribution is -0.132. The number of hydrogen-bond donors (Lipinski definition) is 0. The van der Waals surface area contributed by atoms with Crippen LogP contribution >= 0.6 is 0 Å². The SMILES string of the molecule is CC(C)=CCCC1(C)CCCC23CCC(C[C@@H]12)C(C)C3. The Bertz CT molecular complexity index is 385. The molecule has 0 aliphatic heterocycles. The molecule has 1 spiro atoms. The maximum atomic E-state index is 2.64. The highest BCUT2D eigenvalue weighted by Gasteiger charge is 2.57. The highest BCUT2D eigenvalue weighted by Crippen LogP contribution is 2.67. The fourth-order valence-corrected chi connectivity index (χ4v) is 6.32. The van der Waals surface area contributed by atoms with Crippen molar-refractivity contribution >= 4 is 0 Å². The summed E-state index contributed by atoms with van der Waals surface area (Å²) in [6, 6.07) is 0. The average molecular weight is 274 g/mol. The first-order chi connectivity index (χ1) is 9.45. The lowest BCUT2D eigenvalue weighted by Crippen LogP contribution is -2.54. The van der Waals surface area contributed by atoms with Gasteiger partial charge in [0.2, 0.25) is 0 Å². The van der Waals surface area contributed by atoms with Crippen molar-refractivity contribution in [2.45, 2.75) is 85.5 Å². The Morgan fingerprint density at radius 3 is 2.70 bits per heavy atom. The third-order valence-electron chi connectivity index (χ3n) is 7.36. The molecule has 4 aliphatic rings. The van der Waals surface area contributed by atoms with E-state index in [0.29, 0.717) is 5.41 Å². The number of rotatable bonds is 3. The minimum absolute atomic E-state index is 0.642. The maximum Gasteiger partial charge on any atom is -0.0261 e. The van der Waals surface area contributed by atoms with Crippen LogP contribution < -0.4 is 0 Å². The average Bonchev–Trinajstić information content (AvgIpc) is 2.38. The van der Waals surface area contributed by atoms with Crippen LogP contribution in [0.4, 0.5) is 0 Å². The molecule has 4 aliphatic carbocycles. The summed E-state index contributed by atoms with van der Waals surface area (Å²) in [7, 11) is 0. The van der Waals surface area contributed by atoms with Crippen molar-refractivity contribution in [1.82, 2.24) is 0 Å². The van der Waals surface area contributed by atoms with Crippen molar-refractivity contribution in [3.63, 3.8) is 0 Å². The molecule has 0 N–H and O–H groups in total. The third kappa shape index (κ3) is 2.38. The van der Waals surface area contributed by atoms with Crippen LogP contribution in [-0.2, 0) is 0 Å². The van der Waals surface area contributed by atoms with Crippen molar-refractivity contribution in [1.29, 1.82) is 0 Å². The van der Waals surface area contributed by atoms with E-state index in [-0.39, 0.29) is 0 Å². The smallest absolute Gasteiger partial charge is 0.0261 e. The van der Waals surface area contributed by atoms with Gasteiger partial charge < -0.3 is 0 Å². The topological polar surface area (TPSA) is 0 Å². The molecule has 4 rings (SSSR count). The van der Waals surface area contributed by atoms with Gasteiger partial charge in [0.25, 0.3) is 0 Å². The molecule has 2 bridgehead atoms. The summed E-state index contributed by atoms with van der Waals surface area (Å²) in [5.41, 5.74) is 2.90. The molecule has 0 amide bonds. The van der Waals surface area contributed by atoms with E-state index < -0.39 is 0 Å². The molecular formula is C20H34. The molecule has 0 heteroatoms. The lowest BCUT2D eigenvalue weighted by atomic mass is 9.42. The van der Waals surface area contributed by atoms with Crippen molar-refractivity contribution < 1.29 is 0 Å². The van der Waals surface area contributed by atoms with E-state index in [1.165, 1.54) is 31.3 Å². The van der Waals surface area contributed by atoms with Crippen molar-refractivity contribution in [2.75, 3.05) is 0 Å². The minimum Gasteiger partial charge on any atom is -0.0859 e. The molecule has 0 nitrogen and oxygen atoms in total. The van der Waals surface area contributed by atoms with E-state index in [9.17, 15) is 0 Å². The largest absolute Gasteiger partial charge is 0.0859 e. The fourth-order valence-electron chi connectivity index (χ4n) is 6.32. The Labute approximate surface area is 126 Å². The third-order valence-corrected chi connectivity index (χ3v) is 7.36. The quantitative estimate of drug-likeness (QED) is 0.525. The lowest BCUT2D eigenvalue weighted by Gasteiger charge is -2.63.